The molecule has 1 aliphatic carbocycles. The normalized spacial score (nSPS) is 31.4. The fourth-order valence-electron chi connectivity index (χ4n) is 1.70. The molecule has 0 bridgehead atoms. The molecular weight excluding hydrogens is 136 g/mol. The first-order valence-electron chi connectivity index (χ1n) is 4.13. The van der Waals surface area contributed by atoms with Crippen molar-refractivity contribution in [3.05, 3.63) is 23.8 Å². The molecule has 0 aromatic carbocycles. The van der Waals surface area contributed by atoms with Gasteiger partial charge < -0.3 is 5.11 Å². The van der Waals surface area contributed by atoms with Crippen LogP contribution in [-0.2, 0) is 0 Å². The Kier molecular flexibility index (Phi) is 2.50. The minimum Gasteiger partial charge on any atom is -0.389 e. The van der Waals surface area contributed by atoms with Gasteiger partial charge in [-0.25, -0.2) is 0 Å². The van der Waals surface area contributed by atoms with Gasteiger partial charge in [-0.3, -0.25) is 0 Å². The topological polar surface area (TPSA) is 20.2 Å². The van der Waals surface area contributed by atoms with E-state index in [2.05, 4.69) is 20.4 Å². The number of aliphatic hydroxyl groups excluding tert-OH is 1. The summed E-state index contributed by atoms with van der Waals surface area (Å²) in [5.41, 5.74) is 2.49. The number of aliphatic hydroxyl groups is 1. The van der Waals surface area contributed by atoms with Gasteiger partial charge in [-0.05, 0) is 26.7 Å². The maximum absolute atomic E-state index is 9.27. The summed E-state index contributed by atoms with van der Waals surface area (Å²) in [6.07, 6.45) is 3.67. The summed E-state index contributed by atoms with van der Waals surface area (Å²) in [6.45, 7) is 8.06. The van der Waals surface area contributed by atoms with Crippen molar-refractivity contribution in [1.29, 1.82) is 0 Å². The van der Waals surface area contributed by atoms with E-state index in [1.54, 1.807) is 0 Å². The molecule has 0 spiro atoms. The van der Waals surface area contributed by atoms with E-state index in [0.29, 0.717) is 5.92 Å². The lowest BCUT2D eigenvalue weighted by Gasteiger charge is -2.24. The average molecular weight is 152 g/mol. The highest BCUT2D eigenvalue weighted by atomic mass is 16.3. The second-order valence-electron chi connectivity index (χ2n) is 3.45. The van der Waals surface area contributed by atoms with Crippen LogP contribution in [0.3, 0.4) is 0 Å². The molecule has 1 aliphatic rings. The van der Waals surface area contributed by atoms with Crippen molar-refractivity contribution in [2.45, 2.75) is 32.8 Å². The molecule has 1 heteroatoms. The SMILES string of the molecule is C=C(C)C1CCC(O)C=C1C. The van der Waals surface area contributed by atoms with Gasteiger partial charge in [0.2, 0.25) is 0 Å². The van der Waals surface area contributed by atoms with Crippen molar-refractivity contribution < 1.29 is 5.11 Å². The molecule has 2 atom stereocenters. The molecule has 0 aliphatic heterocycles. The van der Waals surface area contributed by atoms with Gasteiger partial charge in [0.1, 0.15) is 0 Å². The molecule has 0 heterocycles. The third-order valence-corrected chi connectivity index (χ3v) is 2.35. The largest absolute Gasteiger partial charge is 0.389 e. The summed E-state index contributed by atoms with van der Waals surface area (Å²) in [5.74, 6) is 0.512. The van der Waals surface area contributed by atoms with Crippen LogP contribution in [0.4, 0.5) is 0 Å². The zero-order valence-electron chi connectivity index (χ0n) is 7.30. The Hall–Kier alpha value is -0.560. The predicted octanol–water partition coefficient (Wildman–Crippen LogP) is 2.28. The fraction of sp³-hybridized carbons (Fsp3) is 0.600. The van der Waals surface area contributed by atoms with E-state index in [4.69, 9.17) is 0 Å². The molecule has 2 unspecified atom stereocenters. The molecule has 0 radical (unpaired) electrons. The van der Waals surface area contributed by atoms with Gasteiger partial charge in [0.05, 0.1) is 6.10 Å². The molecule has 0 fully saturated rings. The van der Waals surface area contributed by atoms with Gasteiger partial charge in [0.25, 0.3) is 0 Å². The monoisotopic (exact) mass is 152 g/mol. The molecule has 62 valence electrons. The van der Waals surface area contributed by atoms with Crippen LogP contribution in [0.25, 0.3) is 0 Å². The van der Waals surface area contributed by atoms with Crippen molar-refractivity contribution in [2.75, 3.05) is 0 Å². The summed E-state index contributed by atoms with van der Waals surface area (Å²) in [5, 5.41) is 9.27. The van der Waals surface area contributed by atoms with Crippen LogP contribution >= 0.6 is 0 Å². The van der Waals surface area contributed by atoms with Gasteiger partial charge >= 0.3 is 0 Å². The fourth-order valence-corrected chi connectivity index (χ4v) is 1.70. The lowest BCUT2D eigenvalue weighted by molar-refractivity contribution is 0.195. The Bertz CT molecular complexity index is 191. The van der Waals surface area contributed by atoms with E-state index in [-0.39, 0.29) is 6.10 Å². The molecule has 1 rings (SSSR count). The smallest absolute Gasteiger partial charge is 0.0724 e. The van der Waals surface area contributed by atoms with Gasteiger partial charge in [-0.1, -0.05) is 23.8 Å². The van der Waals surface area contributed by atoms with Gasteiger partial charge in [-0.15, -0.1) is 0 Å². The minimum atomic E-state index is -0.217. The zero-order valence-corrected chi connectivity index (χ0v) is 7.30. The highest BCUT2D eigenvalue weighted by Gasteiger charge is 2.18. The standard InChI is InChI=1S/C10H16O/c1-7(2)10-5-4-9(11)6-8(10)3/h6,9-11H,1,4-5H2,2-3H3. The Morgan fingerprint density at radius 2 is 2.27 bits per heavy atom. The van der Waals surface area contributed by atoms with Crippen molar-refractivity contribution in [1.82, 2.24) is 0 Å². The van der Waals surface area contributed by atoms with Crippen LogP contribution in [0.2, 0.25) is 0 Å². The van der Waals surface area contributed by atoms with Gasteiger partial charge in [0.15, 0.2) is 0 Å². The van der Waals surface area contributed by atoms with E-state index < -0.39 is 0 Å². The van der Waals surface area contributed by atoms with Crippen molar-refractivity contribution in [3.8, 4) is 0 Å². The molecule has 11 heavy (non-hydrogen) atoms. The van der Waals surface area contributed by atoms with E-state index in [9.17, 15) is 5.11 Å². The molecular formula is C10H16O. The van der Waals surface area contributed by atoms with Crippen molar-refractivity contribution in [2.24, 2.45) is 5.92 Å². The van der Waals surface area contributed by atoms with E-state index in [0.717, 1.165) is 12.8 Å². The molecule has 1 nitrogen and oxygen atoms in total. The van der Waals surface area contributed by atoms with E-state index in [1.165, 1.54) is 11.1 Å². The molecule has 0 saturated carbocycles. The summed E-state index contributed by atoms with van der Waals surface area (Å²) in [4.78, 5) is 0. The first kappa shape index (κ1) is 8.54. The highest BCUT2D eigenvalue weighted by molar-refractivity contribution is 5.19. The zero-order chi connectivity index (χ0) is 8.43. The third-order valence-electron chi connectivity index (χ3n) is 2.35. The van der Waals surface area contributed by atoms with Crippen LogP contribution in [0.1, 0.15) is 26.7 Å². The van der Waals surface area contributed by atoms with Crippen molar-refractivity contribution in [3.63, 3.8) is 0 Å². The molecule has 0 aromatic rings. The lowest BCUT2D eigenvalue weighted by Crippen LogP contribution is -2.16. The second kappa shape index (κ2) is 3.22. The third kappa shape index (κ3) is 1.93. The van der Waals surface area contributed by atoms with Gasteiger partial charge in [-0.2, -0.15) is 0 Å². The average Bonchev–Trinajstić information content (AvgIpc) is 1.85. The first-order chi connectivity index (χ1) is 5.11. The maximum Gasteiger partial charge on any atom is 0.0724 e. The van der Waals surface area contributed by atoms with Crippen LogP contribution in [0, 0.1) is 5.92 Å². The highest BCUT2D eigenvalue weighted by Crippen LogP contribution is 2.29. The Morgan fingerprint density at radius 1 is 1.64 bits per heavy atom. The van der Waals surface area contributed by atoms with Crippen molar-refractivity contribution >= 4 is 0 Å². The summed E-state index contributed by atoms with van der Waals surface area (Å²) >= 11 is 0. The lowest BCUT2D eigenvalue weighted by atomic mass is 9.83. The molecule has 1 N–H and O–H groups in total. The molecule has 0 aromatic heterocycles. The Labute approximate surface area is 68.4 Å². The Balaban J connectivity index is 2.72. The number of rotatable bonds is 1. The Morgan fingerprint density at radius 3 is 2.73 bits per heavy atom. The summed E-state index contributed by atoms with van der Waals surface area (Å²) in [6, 6.07) is 0. The van der Waals surface area contributed by atoms with Crippen LogP contribution in [-0.4, -0.2) is 11.2 Å². The van der Waals surface area contributed by atoms with E-state index in [1.807, 2.05) is 6.08 Å². The van der Waals surface area contributed by atoms with Crippen LogP contribution < -0.4 is 0 Å². The van der Waals surface area contributed by atoms with Gasteiger partial charge in [0, 0.05) is 5.92 Å². The number of hydrogen-bond acceptors (Lipinski definition) is 1. The predicted molar refractivity (Wildman–Crippen MR) is 47.3 cm³/mol. The minimum absolute atomic E-state index is 0.217. The quantitative estimate of drug-likeness (QED) is 0.571. The maximum atomic E-state index is 9.27. The first-order valence-corrected chi connectivity index (χ1v) is 4.13. The molecule has 0 saturated heterocycles. The summed E-state index contributed by atoms with van der Waals surface area (Å²) in [7, 11) is 0. The second-order valence-corrected chi connectivity index (χ2v) is 3.45. The van der Waals surface area contributed by atoms with E-state index >= 15 is 0 Å². The number of allylic oxidation sites excluding steroid dienone is 2. The number of hydrogen-bond donors (Lipinski definition) is 1. The molecule has 0 amide bonds. The summed E-state index contributed by atoms with van der Waals surface area (Å²) < 4.78 is 0. The van der Waals surface area contributed by atoms with Crippen LogP contribution in [0.5, 0.6) is 0 Å². The van der Waals surface area contributed by atoms with Crippen LogP contribution in [0.15, 0.2) is 23.8 Å².